The molecule has 4 nitrogen and oxygen atoms in total. The number of carbonyl (C=O) groups is 1. The fraction of sp³-hybridized carbons (Fsp3) is 0.429. The first-order valence-corrected chi connectivity index (χ1v) is 6.40. The fourth-order valence-electron chi connectivity index (χ4n) is 1.32. The van der Waals surface area contributed by atoms with Gasteiger partial charge < -0.3 is 5.73 Å². The highest BCUT2D eigenvalue weighted by Crippen LogP contribution is 2.24. The van der Waals surface area contributed by atoms with E-state index in [4.69, 9.17) is 17.3 Å². The van der Waals surface area contributed by atoms with Gasteiger partial charge in [0.1, 0.15) is 0 Å². The molecule has 0 saturated carbocycles. The average molecular weight is 282 g/mol. The van der Waals surface area contributed by atoms with E-state index in [0.717, 1.165) is 5.71 Å². The van der Waals surface area contributed by atoms with Crippen LogP contribution in [0, 0.1) is 5.41 Å². The van der Waals surface area contributed by atoms with Crippen molar-refractivity contribution in [2.24, 2.45) is 10.5 Å². The molecule has 0 fully saturated rings. The van der Waals surface area contributed by atoms with Crippen LogP contribution in [0.1, 0.15) is 38.1 Å². The molecule has 0 saturated heterocycles. The van der Waals surface area contributed by atoms with E-state index in [1.54, 1.807) is 25.2 Å². The summed E-state index contributed by atoms with van der Waals surface area (Å²) in [4.78, 5) is 12.3. The summed E-state index contributed by atoms with van der Waals surface area (Å²) in [5, 5.41) is 5.96. The molecule has 1 aromatic carbocycles. The molecule has 19 heavy (non-hydrogen) atoms. The van der Waals surface area contributed by atoms with Crippen LogP contribution < -0.4 is 5.73 Å². The van der Waals surface area contributed by atoms with Crippen LogP contribution in [0.25, 0.3) is 0 Å². The molecule has 0 unspecified atom stereocenters. The number of para-hydroxylation sites is 1. The van der Waals surface area contributed by atoms with E-state index < -0.39 is 0 Å². The molecule has 1 amide bonds. The third-order valence-corrected chi connectivity index (χ3v) is 3.29. The molecule has 1 rings (SSSR count). The predicted molar refractivity (Wildman–Crippen MR) is 80.5 cm³/mol. The Hall–Kier alpha value is -1.55. The molecule has 0 aliphatic rings. The number of anilines is 1. The van der Waals surface area contributed by atoms with Crippen molar-refractivity contribution in [3.63, 3.8) is 0 Å². The van der Waals surface area contributed by atoms with E-state index >= 15 is 0 Å². The summed E-state index contributed by atoms with van der Waals surface area (Å²) in [5.41, 5.74) is 7.23. The van der Waals surface area contributed by atoms with Gasteiger partial charge in [-0.3, -0.25) is 4.79 Å². The van der Waals surface area contributed by atoms with Crippen LogP contribution >= 0.6 is 11.6 Å². The highest BCUT2D eigenvalue weighted by Gasteiger charge is 2.19. The molecule has 5 heteroatoms. The van der Waals surface area contributed by atoms with E-state index in [0.29, 0.717) is 10.6 Å². The van der Waals surface area contributed by atoms with Gasteiger partial charge in [-0.25, -0.2) is 5.01 Å². The molecule has 0 aliphatic heterocycles. The molecule has 0 aromatic heterocycles. The number of nitrogen functional groups attached to an aromatic ring is 1. The summed E-state index contributed by atoms with van der Waals surface area (Å²) >= 11 is 5.91. The number of benzene rings is 1. The number of nitrogens with zero attached hydrogens (tertiary/aromatic N) is 2. The Kier molecular flexibility index (Phi) is 4.58. The van der Waals surface area contributed by atoms with Crippen molar-refractivity contribution in [2.75, 3.05) is 12.8 Å². The highest BCUT2D eigenvalue weighted by molar-refractivity contribution is 6.33. The zero-order valence-electron chi connectivity index (χ0n) is 12.0. The third-order valence-electron chi connectivity index (χ3n) is 2.96. The van der Waals surface area contributed by atoms with Crippen LogP contribution in [0.15, 0.2) is 23.3 Å². The summed E-state index contributed by atoms with van der Waals surface area (Å²) in [7, 11) is 1.61. The zero-order chi connectivity index (χ0) is 14.8. The van der Waals surface area contributed by atoms with Crippen LogP contribution in [-0.2, 0) is 0 Å². The number of rotatable bonds is 2. The van der Waals surface area contributed by atoms with Crippen molar-refractivity contribution in [1.82, 2.24) is 5.01 Å². The molecular weight excluding hydrogens is 262 g/mol. The molecule has 0 radical (unpaired) electrons. The SMILES string of the molecule is C/C(=N/N(C)C(=O)c1cccc(Cl)c1N)C(C)(C)C. The fourth-order valence-corrected chi connectivity index (χ4v) is 1.49. The summed E-state index contributed by atoms with van der Waals surface area (Å²) in [6.45, 7) is 8.01. The van der Waals surface area contributed by atoms with Gasteiger partial charge in [0, 0.05) is 18.2 Å². The maximum absolute atomic E-state index is 12.3. The number of hydrogen-bond donors (Lipinski definition) is 1. The highest BCUT2D eigenvalue weighted by atomic mass is 35.5. The normalized spacial score (nSPS) is 12.4. The van der Waals surface area contributed by atoms with Gasteiger partial charge in [0.25, 0.3) is 5.91 Å². The van der Waals surface area contributed by atoms with E-state index in [1.807, 2.05) is 27.7 Å². The minimum atomic E-state index is -0.274. The van der Waals surface area contributed by atoms with Gasteiger partial charge in [-0.05, 0) is 19.1 Å². The lowest BCUT2D eigenvalue weighted by Gasteiger charge is -2.21. The molecular formula is C14H20ClN3O. The molecule has 0 heterocycles. The van der Waals surface area contributed by atoms with Crippen molar-refractivity contribution < 1.29 is 4.79 Å². The quantitative estimate of drug-likeness (QED) is 0.513. The van der Waals surface area contributed by atoms with Gasteiger partial charge in [-0.15, -0.1) is 0 Å². The van der Waals surface area contributed by atoms with E-state index in [9.17, 15) is 4.79 Å². The second-order valence-corrected chi connectivity index (χ2v) is 5.87. The summed E-state index contributed by atoms with van der Waals surface area (Å²) in [6, 6.07) is 4.99. The van der Waals surface area contributed by atoms with Crippen LogP contribution in [0.4, 0.5) is 5.69 Å². The minimum absolute atomic E-state index is 0.0889. The van der Waals surface area contributed by atoms with Crippen LogP contribution in [-0.4, -0.2) is 23.7 Å². The van der Waals surface area contributed by atoms with Crippen molar-refractivity contribution in [2.45, 2.75) is 27.7 Å². The Bertz CT molecular complexity index is 518. The average Bonchev–Trinajstić information content (AvgIpc) is 2.30. The smallest absolute Gasteiger partial charge is 0.275 e. The monoisotopic (exact) mass is 281 g/mol. The Morgan fingerprint density at radius 1 is 1.37 bits per heavy atom. The second kappa shape index (κ2) is 5.61. The number of halogens is 1. The minimum Gasteiger partial charge on any atom is -0.397 e. The van der Waals surface area contributed by atoms with E-state index in [1.165, 1.54) is 5.01 Å². The Morgan fingerprint density at radius 2 is 1.95 bits per heavy atom. The molecule has 0 spiro atoms. The summed E-state index contributed by atoms with van der Waals surface area (Å²) in [5.74, 6) is -0.274. The second-order valence-electron chi connectivity index (χ2n) is 5.47. The Morgan fingerprint density at radius 3 is 2.47 bits per heavy atom. The Balaban J connectivity index is 3.05. The van der Waals surface area contributed by atoms with Gasteiger partial charge in [0.2, 0.25) is 0 Å². The van der Waals surface area contributed by atoms with Crippen LogP contribution in [0.5, 0.6) is 0 Å². The maximum atomic E-state index is 12.3. The first-order valence-electron chi connectivity index (χ1n) is 6.02. The lowest BCUT2D eigenvalue weighted by Crippen LogP contribution is -2.27. The number of carbonyl (C=O) groups excluding carboxylic acids is 1. The number of hydrazone groups is 1. The van der Waals surface area contributed by atoms with Crippen LogP contribution in [0.2, 0.25) is 5.02 Å². The molecule has 0 atom stereocenters. The lowest BCUT2D eigenvalue weighted by atomic mass is 9.91. The van der Waals surface area contributed by atoms with Gasteiger partial charge in [-0.1, -0.05) is 38.4 Å². The number of amides is 1. The van der Waals surface area contributed by atoms with E-state index in [-0.39, 0.29) is 17.0 Å². The first kappa shape index (κ1) is 15.5. The zero-order valence-corrected chi connectivity index (χ0v) is 12.7. The predicted octanol–water partition coefficient (Wildman–Crippen LogP) is 3.42. The molecule has 104 valence electrons. The molecule has 0 bridgehead atoms. The van der Waals surface area contributed by atoms with Crippen LogP contribution in [0.3, 0.4) is 0 Å². The van der Waals surface area contributed by atoms with E-state index in [2.05, 4.69) is 5.10 Å². The van der Waals surface area contributed by atoms with Crippen molar-refractivity contribution in [3.05, 3.63) is 28.8 Å². The molecule has 1 aromatic rings. The first-order chi connectivity index (χ1) is 8.64. The summed E-state index contributed by atoms with van der Waals surface area (Å²) in [6.07, 6.45) is 0. The third kappa shape index (κ3) is 3.70. The van der Waals surface area contributed by atoms with Crippen molar-refractivity contribution in [3.8, 4) is 0 Å². The number of hydrogen-bond acceptors (Lipinski definition) is 3. The topological polar surface area (TPSA) is 58.7 Å². The van der Waals surface area contributed by atoms with Gasteiger partial charge in [-0.2, -0.15) is 5.10 Å². The largest absolute Gasteiger partial charge is 0.397 e. The van der Waals surface area contributed by atoms with Crippen molar-refractivity contribution >= 4 is 28.9 Å². The van der Waals surface area contributed by atoms with Gasteiger partial charge in [0.15, 0.2) is 0 Å². The molecule has 2 N–H and O–H groups in total. The number of nitrogens with two attached hydrogens (primary N) is 1. The maximum Gasteiger partial charge on any atom is 0.275 e. The summed E-state index contributed by atoms with van der Waals surface area (Å²) < 4.78 is 0. The van der Waals surface area contributed by atoms with Gasteiger partial charge in [0.05, 0.1) is 16.3 Å². The Labute approximate surface area is 119 Å². The lowest BCUT2D eigenvalue weighted by molar-refractivity contribution is 0.0799. The standard InChI is InChI=1S/C14H20ClN3O/c1-9(14(2,3)4)17-18(5)13(19)10-7-6-8-11(15)12(10)16/h6-8H,16H2,1-5H3/b17-9-. The molecule has 0 aliphatic carbocycles. The van der Waals surface area contributed by atoms with Crippen molar-refractivity contribution in [1.29, 1.82) is 0 Å². The van der Waals surface area contributed by atoms with Gasteiger partial charge >= 0.3 is 0 Å².